The Morgan fingerprint density at radius 2 is 1.88 bits per heavy atom. The van der Waals surface area contributed by atoms with Crippen molar-refractivity contribution in [3.8, 4) is 0 Å². The third-order valence-corrected chi connectivity index (χ3v) is 6.42. The van der Waals surface area contributed by atoms with E-state index in [-0.39, 0.29) is 35.8 Å². The van der Waals surface area contributed by atoms with Gasteiger partial charge in [-0.05, 0) is 49.8 Å². The number of carbonyl (C=O) groups excluding carboxylic acids is 1. The highest BCUT2D eigenvalue weighted by Crippen LogP contribution is 2.25. The van der Waals surface area contributed by atoms with Gasteiger partial charge in [0.05, 0.1) is 6.10 Å². The Morgan fingerprint density at radius 1 is 1.12 bits per heavy atom. The topological polar surface area (TPSA) is 75.2 Å². The van der Waals surface area contributed by atoms with Gasteiger partial charge in [-0.3, -0.25) is 9.79 Å². The Labute approximate surface area is 216 Å². The number of anilines is 1. The van der Waals surface area contributed by atoms with Crippen LogP contribution in [0.2, 0.25) is 0 Å². The van der Waals surface area contributed by atoms with E-state index < -0.39 is 0 Å². The molecule has 0 radical (unpaired) electrons. The maximum Gasteiger partial charge on any atom is 0.227 e. The summed E-state index contributed by atoms with van der Waals surface area (Å²) < 4.78 is 11.0. The predicted molar refractivity (Wildman–Crippen MR) is 144 cm³/mol. The number of nitrogens with one attached hydrogen (secondary N) is 2. The molecule has 0 unspecified atom stereocenters. The van der Waals surface area contributed by atoms with E-state index in [0.29, 0.717) is 12.6 Å². The number of rotatable bonds is 9. The van der Waals surface area contributed by atoms with E-state index in [1.165, 1.54) is 19.3 Å². The van der Waals surface area contributed by atoms with E-state index in [9.17, 15) is 4.79 Å². The van der Waals surface area contributed by atoms with Crippen LogP contribution in [0.3, 0.4) is 0 Å². The number of likely N-dealkylation sites (tertiary alicyclic amines) is 1. The van der Waals surface area contributed by atoms with Crippen LogP contribution >= 0.6 is 24.0 Å². The lowest BCUT2D eigenvalue weighted by molar-refractivity contribution is -0.120. The lowest BCUT2D eigenvalue weighted by Gasteiger charge is -2.34. The van der Waals surface area contributed by atoms with Crippen LogP contribution in [0, 0.1) is 5.92 Å². The second-order valence-corrected chi connectivity index (χ2v) is 8.83. The largest absolute Gasteiger partial charge is 0.385 e. The fourth-order valence-electron chi connectivity index (χ4n) is 4.57. The quantitative estimate of drug-likeness (QED) is 0.199. The Bertz CT molecular complexity index is 732. The second kappa shape index (κ2) is 15.5. The minimum Gasteiger partial charge on any atom is -0.385 e. The number of benzene rings is 1. The summed E-state index contributed by atoms with van der Waals surface area (Å²) in [7, 11) is 3.55. The number of halogens is 1. The molecule has 1 aromatic carbocycles. The van der Waals surface area contributed by atoms with Crippen molar-refractivity contribution in [2.45, 2.75) is 64.0 Å². The van der Waals surface area contributed by atoms with Crippen LogP contribution in [-0.2, 0) is 20.8 Å². The SMILES string of the molecule is CN=C(NCc1cccc(NC(=O)C2CCCCC2)c1)N1CCC(OCCCOC)CC1.I. The Balaban J connectivity index is 0.00000385. The average molecular weight is 573 g/mol. The molecule has 1 aromatic rings. The number of piperidine rings is 1. The summed E-state index contributed by atoms with van der Waals surface area (Å²) in [5, 5.41) is 6.60. The third-order valence-electron chi connectivity index (χ3n) is 6.42. The van der Waals surface area contributed by atoms with Crippen molar-refractivity contribution in [2.75, 3.05) is 45.8 Å². The average Bonchev–Trinajstić information content (AvgIpc) is 2.84. The highest BCUT2D eigenvalue weighted by atomic mass is 127. The molecular weight excluding hydrogens is 531 g/mol. The molecule has 1 saturated carbocycles. The molecular formula is C25H41IN4O3. The van der Waals surface area contributed by atoms with Gasteiger partial charge in [0.15, 0.2) is 5.96 Å². The highest BCUT2D eigenvalue weighted by Gasteiger charge is 2.22. The van der Waals surface area contributed by atoms with Gasteiger partial charge in [0, 0.05) is 58.6 Å². The maximum absolute atomic E-state index is 12.6. The summed E-state index contributed by atoms with van der Waals surface area (Å²) >= 11 is 0. The predicted octanol–water partition coefficient (Wildman–Crippen LogP) is 4.42. The zero-order valence-corrected chi connectivity index (χ0v) is 22.5. The van der Waals surface area contributed by atoms with Crippen LogP contribution < -0.4 is 10.6 Å². The first-order chi connectivity index (χ1) is 15.7. The van der Waals surface area contributed by atoms with Gasteiger partial charge in [-0.2, -0.15) is 0 Å². The van der Waals surface area contributed by atoms with Gasteiger partial charge in [-0.25, -0.2) is 0 Å². The minimum atomic E-state index is 0. The number of nitrogens with zero attached hydrogens (tertiary/aromatic N) is 2. The molecule has 3 rings (SSSR count). The van der Waals surface area contributed by atoms with Crippen molar-refractivity contribution in [3.63, 3.8) is 0 Å². The molecule has 2 N–H and O–H groups in total. The van der Waals surface area contributed by atoms with Gasteiger partial charge in [0.2, 0.25) is 5.91 Å². The monoisotopic (exact) mass is 572 g/mol. The number of aliphatic imine (C=N–C) groups is 1. The van der Waals surface area contributed by atoms with E-state index in [2.05, 4.69) is 32.7 Å². The van der Waals surface area contributed by atoms with Gasteiger partial charge >= 0.3 is 0 Å². The molecule has 8 heteroatoms. The second-order valence-electron chi connectivity index (χ2n) is 8.83. The van der Waals surface area contributed by atoms with Crippen LogP contribution in [0.15, 0.2) is 29.3 Å². The molecule has 1 amide bonds. The molecule has 1 heterocycles. The molecule has 33 heavy (non-hydrogen) atoms. The molecule has 7 nitrogen and oxygen atoms in total. The summed E-state index contributed by atoms with van der Waals surface area (Å²) in [5.74, 6) is 1.24. The van der Waals surface area contributed by atoms with E-state index in [1.54, 1.807) is 7.11 Å². The summed E-state index contributed by atoms with van der Waals surface area (Å²) in [6.45, 7) is 4.06. The molecule has 1 saturated heterocycles. The normalized spacial score (nSPS) is 18.0. The van der Waals surface area contributed by atoms with Crippen molar-refractivity contribution in [1.82, 2.24) is 10.2 Å². The molecule has 0 spiro atoms. The van der Waals surface area contributed by atoms with Crippen LogP contribution in [0.5, 0.6) is 0 Å². The molecule has 2 fully saturated rings. The van der Waals surface area contributed by atoms with E-state index in [1.807, 2.05) is 19.2 Å². The number of guanidine groups is 1. The van der Waals surface area contributed by atoms with Crippen molar-refractivity contribution in [1.29, 1.82) is 0 Å². The van der Waals surface area contributed by atoms with Gasteiger partial charge < -0.3 is 25.0 Å². The number of hydrogen-bond donors (Lipinski definition) is 2. The maximum atomic E-state index is 12.6. The lowest BCUT2D eigenvalue weighted by Crippen LogP contribution is -2.46. The number of carbonyl (C=O) groups is 1. The molecule has 0 bridgehead atoms. The zero-order chi connectivity index (χ0) is 22.6. The fourth-order valence-corrected chi connectivity index (χ4v) is 4.57. The molecule has 186 valence electrons. The van der Waals surface area contributed by atoms with E-state index in [4.69, 9.17) is 9.47 Å². The molecule has 1 aliphatic carbocycles. The molecule has 0 aromatic heterocycles. The summed E-state index contributed by atoms with van der Waals surface area (Å²) in [6.07, 6.45) is 8.90. The Hall–Kier alpha value is -1.39. The fraction of sp³-hybridized carbons (Fsp3) is 0.680. The van der Waals surface area contributed by atoms with Crippen LogP contribution in [0.1, 0.15) is 56.9 Å². The molecule has 2 aliphatic rings. The Kier molecular flexibility index (Phi) is 13.1. The number of hydrogen-bond acceptors (Lipinski definition) is 4. The third kappa shape index (κ3) is 9.41. The molecule has 1 aliphatic heterocycles. The highest BCUT2D eigenvalue weighted by molar-refractivity contribution is 14.0. The standard InChI is InChI=1S/C25H40N4O3.HI/c1-26-25(29-14-12-23(13-15-29)32-17-7-16-31-2)27-19-20-8-6-11-22(18-20)28-24(30)21-9-4-3-5-10-21;/h6,8,11,18,21,23H,3-5,7,9-10,12-17,19H2,1-2H3,(H,26,27)(H,28,30);1H. The first-order valence-electron chi connectivity index (χ1n) is 12.2. The van der Waals surface area contributed by atoms with Crippen molar-refractivity contribution >= 4 is 41.5 Å². The molecule has 0 atom stereocenters. The van der Waals surface area contributed by atoms with E-state index in [0.717, 1.165) is 75.6 Å². The van der Waals surface area contributed by atoms with Gasteiger partial charge in [-0.15, -0.1) is 24.0 Å². The van der Waals surface area contributed by atoms with Gasteiger partial charge in [-0.1, -0.05) is 31.4 Å². The first-order valence-corrected chi connectivity index (χ1v) is 12.2. The van der Waals surface area contributed by atoms with Crippen LogP contribution in [0.4, 0.5) is 5.69 Å². The summed E-state index contributed by atoms with van der Waals surface area (Å²) in [4.78, 5) is 19.3. The summed E-state index contributed by atoms with van der Waals surface area (Å²) in [5.41, 5.74) is 2.00. The Morgan fingerprint density at radius 3 is 2.58 bits per heavy atom. The van der Waals surface area contributed by atoms with Gasteiger partial charge in [0.1, 0.15) is 0 Å². The number of ether oxygens (including phenoxy) is 2. The number of amides is 1. The van der Waals surface area contributed by atoms with Crippen molar-refractivity contribution < 1.29 is 14.3 Å². The first kappa shape index (κ1) is 27.9. The van der Waals surface area contributed by atoms with Gasteiger partial charge in [0.25, 0.3) is 0 Å². The zero-order valence-electron chi connectivity index (χ0n) is 20.2. The minimum absolute atomic E-state index is 0. The van der Waals surface area contributed by atoms with Crippen molar-refractivity contribution in [3.05, 3.63) is 29.8 Å². The summed E-state index contributed by atoms with van der Waals surface area (Å²) in [6, 6.07) is 8.11. The lowest BCUT2D eigenvalue weighted by atomic mass is 9.88. The van der Waals surface area contributed by atoms with Crippen molar-refractivity contribution in [2.24, 2.45) is 10.9 Å². The van der Waals surface area contributed by atoms with Crippen LogP contribution in [0.25, 0.3) is 0 Å². The van der Waals surface area contributed by atoms with E-state index >= 15 is 0 Å². The smallest absolute Gasteiger partial charge is 0.227 e. The van der Waals surface area contributed by atoms with Crippen LogP contribution in [-0.4, -0.2) is 63.3 Å². The number of methoxy groups -OCH3 is 1.